The van der Waals surface area contributed by atoms with Gasteiger partial charge in [-0.15, -0.1) is 0 Å². The Bertz CT molecular complexity index is 338. The maximum Gasteiger partial charge on any atom is 0.232 e. The molecule has 0 aliphatic heterocycles. The second-order valence-corrected chi connectivity index (χ2v) is 2.84. The highest BCUT2D eigenvalue weighted by molar-refractivity contribution is 6.32. The zero-order chi connectivity index (χ0) is 9.84. The molecule has 0 aromatic carbocycles. The van der Waals surface area contributed by atoms with Crippen LogP contribution >= 0.6 is 11.6 Å². The SMILES string of the molecule is COc1ncc(/C(C)=N/N)cc1Cl. The molecule has 0 aliphatic rings. The van der Waals surface area contributed by atoms with Crippen molar-refractivity contribution in [1.82, 2.24) is 4.98 Å². The predicted octanol–water partition coefficient (Wildman–Crippen LogP) is 1.43. The van der Waals surface area contributed by atoms with Crippen LogP contribution in [-0.4, -0.2) is 17.8 Å². The van der Waals surface area contributed by atoms with Crippen molar-refractivity contribution in [3.05, 3.63) is 22.8 Å². The minimum Gasteiger partial charge on any atom is -0.480 e. The smallest absolute Gasteiger partial charge is 0.232 e. The first-order valence-electron chi connectivity index (χ1n) is 3.63. The molecule has 4 nitrogen and oxygen atoms in total. The summed E-state index contributed by atoms with van der Waals surface area (Å²) in [6.45, 7) is 1.78. The third-order valence-electron chi connectivity index (χ3n) is 1.61. The van der Waals surface area contributed by atoms with Gasteiger partial charge in [0, 0.05) is 11.8 Å². The van der Waals surface area contributed by atoms with Crippen LogP contribution in [0.5, 0.6) is 5.88 Å². The molecule has 0 aliphatic carbocycles. The van der Waals surface area contributed by atoms with Crippen molar-refractivity contribution in [3.8, 4) is 5.88 Å². The molecule has 0 saturated heterocycles. The third kappa shape index (κ3) is 2.09. The first kappa shape index (κ1) is 9.80. The Kier molecular flexibility index (Phi) is 3.08. The minimum absolute atomic E-state index is 0.398. The second-order valence-electron chi connectivity index (χ2n) is 2.43. The Balaban J connectivity index is 3.10. The fraction of sp³-hybridized carbons (Fsp3) is 0.250. The molecule has 0 unspecified atom stereocenters. The lowest BCUT2D eigenvalue weighted by atomic mass is 10.2. The summed E-state index contributed by atoms with van der Waals surface area (Å²) in [7, 11) is 1.51. The number of methoxy groups -OCH3 is 1. The highest BCUT2D eigenvalue weighted by atomic mass is 35.5. The number of hydrogen-bond acceptors (Lipinski definition) is 4. The summed E-state index contributed by atoms with van der Waals surface area (Å²) in [5.74, 6) is 5.51. The lowest BCUT2D eigenvalue weighted by Gasteiger charge is -2.03. The molecule has 1 aromatic heterocycles. The maximum absolute atomic E-state index is 5.85. The Morgan fingerprint density at radius 2 is 2.38 bits per heavy atom. The first-order chi connectivity index (χ1) is 6.19. The topological polar surface area (TPSA) is 60.5 Å². The van der Waals surface area contributed by atoms with Crippen LogP contribution < -0.4 is 10.6 Å². The Morgan fingerprint density at radius 1 is 1.69 bits per heavy atom. The molecular weight excluding hydrogens is 190 g/mol. The predicted molar refractivity (Wildman–Crippen MR) is 52.2 cm³/mol. The Hall–Kier alpha value is -1.29. The van der Waals surface area contributed by atoms with Gasteiger partial charge in [0.15, 0.2) is 0 Å². The van der Waals surface area contributed by atoms with Gasteiger partial charge in [-0.25, -0.2) is 4.98 Å². The number of rotatable bonds is 2. The van der Waals surface area contributed by atoms with Crippen molar-refractivity contribution in [2.75, 3.05) is 7.11 Å². The molecule has 0 spiro atoms. The standard InChI is InChI=1S/C8H10ClN3O/c1-5(12-10)6-3-7(9)8(13-2)11-4-6/h3-4H,10H2,1-2H3/b12-5+. The van der Waals surface area contributed by atoms with Gasteiger partial charge in [-0.05, 0) is 13.0 Å². The van der Waals surface area contributed by atoms with E-state index in [9.17, 15) is 0 Å². The largest absolute Gasteiger partial charge is 0.480 e. The summed E-state index contributed by atoms with van der Waals surface area (Å²) in [5.41, 5.74) is 1.46. The summed E-state index contributed by atoms with van der Waals surface area (Å²) in [6, 6.07) is 1.71. The van der Waals surface area contributed by atoms with Crippen molar-refractivity contribution in [1.29, 1.82) is 0 Å². The lowest BCUT2D eigenvalue weighted by Crippen LogP contribution is -2.00. The van der Waals surface area contributed by atoms with Crippen molar-refractivity contribution in [2.24, 2.45) is 10.9 Å². The Morgan fingerprint density at radius 3 is 2.85 bits per heavy atom. The van der Waals surface area contributed by atoms with Crippen LogP contribution in [-0.2, 0) is 0 Å². The van der Waals surface area contributed by atoms with Crippen LogP contribution in [0.15, 0.2) is 17.4 Å². The van der Waals surface area contributed by atoms with E-state index < -0.39 is 0 Å². The van der Waals surface area contributed by atoms with Gasteiger partial charge >= 0.3 is 0 Å². The number of nitrogens with zero attached hydrogens (tertiary/aromatic N) is 2. The quantitative estimate of drug-likeness (QED) is 0.445. The van der Waals surface area contributed by atoms with Gasteiger partial charge in [-0.3, -0.25) is 0 Å². The van der Waals surface area contributed by atoms with Crippen molar-refractivity contribution in [3.63, 3.8) is 0 Å². The number of hydrazone groups is 1. The minimum atomic E-state index is 0.398. The first-order valence-corrected chi connectivity index (χ1v) is 4.01. The molecule has 0 bridgehead atoms. The van der Waals surface area contributed by atoms with E-state index in [1.165, 1.54) is 7.11 Å². The fourth-order valence-corrected chi connectivity index (χ4v) is 1.09. The van der Waals surface area contributed by atoms with E-state index in [0.717, 1.165) is 5.56 Å². The molecule has 13 heavy (non-hydrogen) atoms. The molecule has 70 valence electrons. The third-order valence-corrected chi connectivity index (χ3v) is 1.88. The molecule has 0 atom stereocenters. The molecule has 0 saturated carbocycles. The number of nitrogens with two attached hydrogens (primary N) is 1. The van der Waals surface area contributed by atoms with Crippen LogP contribution in [0.3, 0.4) is 0 Å². The van der Waals surface area contributed by atoms with Gasteiger partial charge in [0.2, 0.25) is 5.88 Å². The van der Waals surface area contributed by atoms with E-state index in [4.69, 9.17) is 22.2 Å². The van der Waals surface area contributed by atoms with Crippen molar-refractivity contribution in [2.45, 2.75) is 6.92 Å². The number of ether oxygens (including phenoxy) is 1. The van der Waals surface area contributed by atoms with E-state index in [1.54, 1.807) is 19.2 Å². The van der Waals surface area contributed by atoms with Crippen molar-refractivity contribution < 1.29 is 4.74 Å². The maximum atomic E-state index is 5.85. The zero-order valence-electron chi connectivity index (χ0n) is 7.41. The highest BCUT2D eigenvalue weighted by Gasteiger charge is 2.04. The zero-order valence-corrected chi connectivity index (χ0v) is 8.17. The van der Waals surface area contributed by atoms with E-state index in [1.807, 2.05) is 0 Å². The molecular formula is C8H10ClN3O. The summed E-state index contributed by atoms with van der Waals surface area (Å²) < 4.78 is 4.90. The molecule has 2 N–H and O–H groups in total. The molecule has 1 heterocycles. The van der Waals surface area contributed by atoms with E-state index in [2.05, 4.69) is 10.1 Å². The van der Waals surface area contributed by atoms with E-state index >= 15 is 0 Å². The summed E-state index contributed by atoms with van der Waals surface area (Å²) >= 11 is 5.85. The highest BCUT2D eigenvalue weighted by Crippen LogP contribution is 2.21. The molecule has 0 radical (unpaired) electrons. The van der Waals surface area contributed by atoms with Gasteiger partial charge in [-0.2, -0.15) is 5.10 Å². The van der Waals surface area contributed by atoms with E-state index in [-0.39, 0.29) is 0 Å². The number of aromatic nitrogens is 1. The summed E-state index contributed by atoms with van der Waals surface area (Å²) in [6.07, 6.45) is 1.61. The Labute approximate surface area is 81.4 Å². The average Bonchev–Trinajstić information content (AvgIpc) is 2.16. The molecule has 1 rings (SSSR count). The van der Waals surface area contributed by atoms with E-state index in [0.29, 0.717) is 16.6 Å². The van der Waals surface area contributed by atoms with Gasteiger partial charge < -0.3 is 10.6 Å². The van der Waals surface area contributed by atoms with Crippen LogP contribution in [0.4, 0.5) is 0 Å². The number of hydrogen-bond donors (Lipinski definition) is 1. The normalized spacial score (nSPS) is 11.5. The molecule has 0 amide bonds. The summed E-state index contributed by atoms with van der Waals surface area (Å²) in [5, 5.41) is 3.98. The second kappa shape index (κ2) is 4.09. The molecule has 0 fully saturated rings. The van der Waals surface area contributed by atoms with Crippen LogP contribution in [0.1, 0.15) is 12.5 Å². The lowest BCUT2D eigenvalue weighted by molar-refractivity contribution is 0.398. The molecule has 1 aromatic rings. The monoisotopic (exact) mass is 199 g/mol. The summed E-state index contributed by atoms with van der Waals surface area (Å²) in [4.78, 5) is 3.98. The fourth-order valence-electron chi connectivity index (χ4n) is 0.848. The van der Waals surface area contributed by atoms with Crippen LogP contribution in [0, 0.1) is 0 Å². The average molecular weight is 200 g/mol. The van der Waals surface area contributed by atoms with Gasteiger partial charge in [0.05, 0.1) is 12.8 Å². The number of halogens is 1. The van der Waals surface area contributed by atoms with Crippen LogP contribution in [0.25, 0.3) is 0 Å². The van der Waals surface area contributed by atoms with Gasteiger partial charge in [0.1, 0.15) is 5.02 Å². The van der Waals surface area contributed by atoms with Crippen molar-refractivity contribution >= 4 is 17.3 Å². The molecule has 5 heteroatoms. The van der Waals surface area contributed by atoms with Crippen LogP contribution in [0.2, 0.25) is 5.02 Å². The number of pyridine rings is 1. The van der Waals surface area contributed by atoms with Gasteiger partial charge in [-0.1, -0.05) is 11.6 Å². The van der Waals surface area contributed by atoms with Gasteiger partial charge in [0.25, 0.3) is 0 Å².